The fourth-order valence-corrected chi connectivity index (χ4v) is 1.91. The van der Waals surface area contributed by atoms with Gasteiger partial charge in [0.2, 0.25) is 0 Å². The van der Waals surface area contributed by atoms with Gasteiger partial charge in [0.05, 0.1) is 6.33 Å². The molecule has 2 aromatic rings. The standard InChI is InChI=1S/C14H16N2O2/c1-2-10-3-5-11(6-4-10)7-8-12-13(14(17)18)16-9-15-12/h3-6,9H,2,7-8H2,1H3,(H,15,16)(H,17,18). The topological polar surface area (TPSA) is 66.0 Å². The van der Waals surface area contributed by atoms with Crippen molar-refractivity contribution in [1.29, 1.82) is 0 Å². The molecule has 0 aliphatic rings. The van der Waals surface area contributed by atoms with Crippen LogP contribution in [0.3, 0.4) is 0 Å². The Hall–Kier alpha value is -2.10. The number of carboxylic acid groups (broad SMARTS) is 1. The third-order valence-corrected chi connectivity index (χ3v) is 3.02. The number of nitrogens with one attached hydrogen (secondary N) is 1. The number of rotatable bonds is 5. The molecule has 1 aromatic carbocycles. The van der Waals surface area contributed by atoms with Gasteiger partial charge in [-0.05, 0) is 30.4 Å². The summed E-state index contributed by atoms with van der Waals surface area (Å²) in [7, 11) is 0. The van der Waals surface area contributed by atoms with Crippen molar-refractivity contribution >= 4 is 5.97 Å². The minimum Gasteiger partial charge on any atom is -0.476 e. The predicted molar refractivity (Wildman–Crippen MR) is 68.8 cm³/mol. The molecule has 4 heteroatoms. The average molecular weight is 244 g/mol. The van der Waals surface area contributed by atoms with E-state index in [0.717, 1.165) is 12.8 Å². The van der Waals surface area contributed by atoms with E-state index in [0.29, 0.717) is 12.1 Å². The second-order valence-electron chi connectivity index (χ2n) is 4.20. The number of hydrogen-bond donors (Lipinski definition) is 2. The zero-order valence-corrected chi connectivity index (χ0v) is 10.3. The molecule has 0 bridgehead atoms. The van der Waals surface area contributed by atoms with Gasteiger partial charge in [0, 0.05) is 5.69 Å². The third-order valence-electron chi connectivity index (χ3n) is 3.02. The molecule has 94 valence electrons. The highest BCUT2D eigenvalue weighted by molar-refractivity contribution is 5.86. The van der Waals surface area contributed by atoms with E-state index in [-0.39, 0.29) is 5.69 Å². The lowest BCUT2D eigenvalue weighted by molar-refractivity contribution is 0.0690. The number of H-pyrrole nitrogens is 1. The maximum atomic E-state index is 10.9. The van der Waals surface area contributed by atoms with E-state index in [1.165, 1.54) is 17.5 Å². The summed E-state index contributed by atoms with van der Waals surface area (Å²) in [6.07, 6.45) is 3.93. The maximum Gasteiger partial charge on any atom is 0.356 e. The molecule has 0 spiro atoms. The van der Waals surface area contributed by atoms with E-state index in [1.807, 2.05) is 0 Å². The van der Waals surface area contributed by atoms with Crippen molar-refractivity contribution in [2.75, 3.05) is 0 Å². The van der Waals surface area contributed by atoms with Crippen molar-refractivity contribution in [2.24, 2.45) is 0 Å². The van der Waals surface area contributed by atoms with Crippen molar-refractivity contribution in [2.45, 2.75) is 26.2 Å². The minimum absolute atomic E-state index is 0.125. The summed E-state index contributed by atoms with van der Waals surface area (Å²) in [6.45, 7) is 2.12. The van der Waals surface area contributed by atoms with Gasteiger partial charge in [-0.3, -0.25) is 0 Å². The van der Waals surface area contributed by atoms with Gasteiger partial charge in [-0.25, -0.2) is 9.78 Å². The normalized spacial score (nSPS) is 10.5. The van der Waals surface area contributed by atoms with Crippen molar-refractivity contribution in [3.63, 3.8) is 0 Å². The Labute approximate surface area is 106 Å². The quantitative estimate of drug-likeness (QED) is 0.849. The Balaban J connectivity index is 2.02. The molecule has 4 nitrogen and oxygen atoms in total. The van der Waals surface area contributed by atoms with E-state index >= 15 is 0 Å². The van der Waals surface area contributed by atoms with Crippen LogP contribution in [0.15, 0.2) is 30.6 Å². The molecule has 0 fully saturated rings. The summed E-state index contributed by atoms with van der Waals surface area (Å²) >= 11 is 0. The van der Waals surface area contributed by atoms with Gasteiger partial charge < -0.3 is 10.1 Å². The fraction of sp³-hybridized carbons (Fsp3) is 0.286. The number of aromatic amines is 1. The van der Waals surface area contributed by atoms with E-state index in [4.69, 9.17) is 5.11 Å². The van der Waals surface area contributed by atoms with Crippen LogP contribution in [0.5, 0.6) is 0 Å². The Bertz CT molecular complexity index is 529. The molecule has 0 atom stereocenters. The van der Waals surface area contributed by atoms with E-state index in [2.05, 4.69) is 41.2 Å². The van der Waals surface area contributed by atoms with E-state index in [1.54, 1.807) is 0 Å². The molecule has 0 radical (unpaired) electrons. The highest BCUT2D eigenvalue weighted by atomic mass is 16.4. The zero-order chi connectivity index (χ0) is 13.0. The van der Waals surface area contributed by atoms with Crippen LogP contribution in [0, 0.1) is 0 Å². The highest BCUT2D eigenvalue weighted by Gasteiger charge is 2.12. The van der Waals surface area contributed by atoms with Crippen LogP contribution in [0.2, 0.25) is 0 Å². The Morgan fingerprint density at radius 3 is 2.50 bits per heavy atom. The number of hydrogen-bond acceptors (Lipinski definition) is 2. The summed E-state index contributed by atoms with van der Waals surface area (Å²) in [6, 6.07) is 8.41. The molecule has 2 N–H and O–H groups in total. The minimum atomic E-state index is -0.979. The number of aromatic carboxylic acids is 1. The number of aryl methyl sites for hydroxylation is 3. The number of benzene rings is 1. The van der Waals surface area contributed by atoms with Gasteiger partial charge in [-0.2, -0.15) is 0 Å². The van der Waals surface area contributed by atoms with Crippen LogP contribution >= 0.6 is 0 Å². The van der Waals surface area contributed by atoms with E-state index in [9.17, 15) is 4.79 Å². The van der Waals surface area contributed by atoms with Gasteiger partial charge in [0.25, 0.3) is 0 Å². The first-order chi connectivity index (χ1) is 8.70. The van der Waals surface area contributed by atoms with Crippen molar-refractivity contribution in [1.82, 2.24) is 9.97 Å². The number of imidazole rings is 1. The first-order valence-electron chi connectivity index (χ1n) is 6.04. The molecule has 1 aromatic heterocycles. The third kappa shape index (κ3) is 2.77. The van der Waals surface area contributed by atoms with Gasteiger partial charge in [-0.1, -0.05) is 31.2 Å². The summed E-state index contributed by atoms with van der Waals surface area (Å²) in [4.78, 5) is 17.6. The zero-order valence-electron chi connectivity index (χ0n) is 10.3. The van der Waals surface area contributed by atoms with Gasteiger partial charge in [0.1, 0.15) is 0 Å². The first kappa shape index (κ1) is 12.4. The molecule has 0 aliphatic carbocycles. The highest BCUT2D eigenvalue weighted by Crippen LogP contribution is 2.10. The summed E-state index contributed by atoms with van der Waals surface area (Å²) in [5.74, 6) is -0.979. The lowest BCUT2D eigenvalue weighted by Crippen LogP contribution is -2.03. The molecule has 1 heterocycles. The number of carboxylic acids is 1. The Morgan fingerprint density at radius 2 is 1.89 bits per heavy atom. The number of aromatic nitrogens is 2. The second kappa shape index (κ2) is 5.49. The van der Waals surface area contributed by atoms with Crippen molar-refractivity contribution < 1.29 is 9.90 Å². The molecule has 2 rings (SSSR count). The molecular formula is C14H16N2O2. The van der Waals surface area contributed by atoms with Gasteiger partial charge in [-0.15, -0.1) is 0 Å². The predicted octanol–water partition coefficient (Wildman–Crippen LogP) is 2.46. The summed E-state index contributed by atoms with van der Waals surface area (Å²) < 4.78 is 0. The van der Waals surface area contributed by atoms with Gasteiger partial charge in [0.15, 0.2) is 5.69 Å². The van der Waals surface area contributed by atoms with Gasteiger partial charge >= 0.3 is 5.97 Å². The van der Waals surface area contributed by atoms with Crippen molar-refractivity contribution in [3.8, 4) is 0 Å². The molecule has 0 saturated carbocycles. The van der Waals surface area contributed by atoms with Crippen LogP contribution in [0.4, 0.5) is 0 Å². The van der Waals surface area contributed by atoms with E-state index < -0.39 is 5.97 Å². The van der Waals surface area contributed by atoms with Crippen molar-refractivity contribution in [3.05, 3.63) is 53.1 Å². The lowest BCUT2D eigenvalue weighted by atomic mass is 10.0. The second-order valence-corrected chi connectivity index (χ2v) is 4.20. The van der Waals surface area contributed by atoms with Crippen LogP contribution in [0.25, 0.3) is 0 Å². The Morgan fingerprint density at radius 1 is 1.22 bits per heavy atom. The molecule has 0 saturated heterocycles. The Kier molecular flexibility index (Phi) is 3.77. The summed E-state index contributed by atoms with van der Waals surface area (Å²) in [5, 5.41) is 8.94. The van der Waals surface area contributed by atoms with Crippen LogP contribution in [-0.4, -0.2) is 21.0 Å². The molecule has 18 heavy (non-hydrogen) atoms. The monoisotopic (exact) mass is 244 g/mol. The van der Waals surface area contributed by atoms with Crippen LogP contribution in [-0.2, 0) is 19.3 Å². The smallest absolute Gasteiger partial charge is 0.356 e. The molecule has 0 aliphatic heterocycles. The average Bonchev–Trinajstić information content (AvgIpc) is 2.85. The summed E-state index contributed by atoms with van der Waals surface area (Å²) in [5.41, 5.74) is 3.33. The molecule has 0 unspecified atom stereocenters. The first-order valence-corrected chi connectivity index (χ1v) is 6.04. The fourth-order valence-electron chi connectivity index (χ4n) is 1.91. The number of nitrogens with zero attached hydrogens (tertiary/aromatic N) is 1. The largest absolute Gasteiger partial charge is 0.476 e. The van der Waals surface area contributed by atoms with Crippen LogP contribution in [0.1, 0.15) is 34.2 Å². The van der Waals surface area contributed by atoms with Crippen LogP contribution < -0.4 is 0 Å². The lowest BCUT2D eigenvalue weighted by Gasteiger charge is -2.02. The molecule has 0 amide bonds. The SMILES string of the molecule is CCc1ccc(CCc2[nH]cnc2C(=O)O)cc1. The maximum absolute atomic E-state index is 10.9. The number of carbonyl (C=O) groups is 1. The molecular weight excluding hydrogens is 228 g/mol.